The van der Waals surface area contributed by atoms with Crippen LogP contribution in [0.15, 0.2) is 24.3 Å². The van der Waals surface area contributed by atoms with Gasteiger partial charge >= 0.3 is 0 Å². The standard InChI is InChI=1S/C17H19N3O/c1-4-10-18-16(21)11-19-17-13(5-2)12(3)20-15-9-7-6-8-14(15)17/h1,6-9H,5,10-11H2,2-3H3,(H,18,21)(H,19,20). The predicted molar refractivity (Wildman–Crippen MR) is 86.2 cm³/mol. The van der Waals surface area contributed by atoms with Crippen LogP contribution in [0.5, 0.6) is 0 Å². The highest BCUT2D eigenvalue weighted by Gasteiger charge is 2.11. The lowest BCUT2D eigenvalue weighted by atomic mass is 10.0. The quantitative estimate of drug-likeness (QED) is 0.827. The summed E-state index contributed by atoms with van der Waals surface area (Å²) in [6.07, 6.45) is 5.99. The first-order chi connectivity index (χ1) is 10.2. The normalized spacial score (nSPS) is 10.1. The molecule has 2 N–H and O–H groups in total. The number of fused-ring (bicyclic) bond motifs is 1. The molecule has 0 unspecified atom stereocenters. The fourth-order valence-corrected chi connectivity index (χ4v) is 2.39. The second-order valence-corrected chi connectivity index (χ2v) is 4.76. The average molecular weight is 281 g/mol. The van der Waals surface area contributed by atoms with Crippen molar-refractivity contribution in [1.82, 2.24) is 10.3 Å². The molecule has 2 rings (SSSR count). The second kappa shape index (κ2) is 6.76. The Morgan fingerprint density at radius 1 is 1.38 bits per heavy atom. The maximum atomic E-state index is 11.7. The molecule has 0 radical (unpaired) electrons. The number of carbonyl (C=O) groups is 1. The summed E-state index contributed by atoms with van der Waals surface area (Å²) < 4.78 is 0. The second-order valence-electron chi connectivity index (χ2n) is 4.76. The highest BCUT2D eigenvalue weighted by atomic mass is 16.1. The number of hydrogen-bond acceptors (Lipinski definition) is 3. The van der Waals surface area contributed by atoms with Crippen molar-refractivity contribution in [1.29, 1.82) is 0 Å². The van der Waals surface area contributed by atoms with Gasteiger partial charge in [0.25, 0.3) is 0 Å². The Bertz CT molecular complexity index is 701. The molecule has 21 heavy (non-hydrogen) atoms. The third kappa shape index (κ3) is 3.32. The van der Waals surface area contributed by atoms with E-state index < -0.39 is 0 Å². The number of nitrogens with one attached hydrogen (secondary N) is 2. The van der Waals surface area contributed by atoms with Gasteiger partial charge in [0.1, 0.15) is 0 Å². The highest BCUT2D eigenvalue weighted by Crippen LogP contribution is 2.28. The van der Waals surface area contributed by atoms with Gasteiger partial charge in [0.15, 0.2) is 0 Å². The first-order valence-electron chi connectivity index (χ1n) is 6.99. The molecule has 2 aromatic rings. The number of para-hydroxylation sites is 1. The Hall–Kier alpha value is -2.54. The van der Waals surface area contributed by atoms with Crippen molar-refractivity contribution in [3.05, 3.63) is 35.5 Å². The zero-order chi connectivity index (χ0) is 15.2. The molecule has 1 amide bonds. The number of carbonyl (C=O) groups excluding carboxylic acids is 1. The molecule has 1 heterocycles. The Morgan fingerprint density at radius 2 is 2.14 bits per heavy atom. The Morgan fingerprint density at radius 3 is 2.86 bits per heavy atom. The summed E-state index contributed by atoms with van der Waals surface area (Å²) >= 11 is 0. The summed E-state index contributed by atoms with van der Waals surface area (Å²) in [7, 11) is 0. The van der Waals surface area contributed by atoms with Crippen LogP contribution in [0.4, 0.5) is 5.69 Å². The number of hydrogen-bond donors (Lipinski definition) is 2. The lowest BCUT2D eigenvalue weighted by Crippen LogP contribution is -2.30. The number of rotatable bonds is 5. The van der Waals surface area contributed by atoms with E-state index in [-0.39, 0.29) is 19.0 Å². The van der Waals surface area contributed by atoms with Gasteiger partial charge in [0.05, 0.1) is 18.6 Å². The minimum Gasteiger partial charge on any atom is -0.375 e. The molecular formula is C17H19N3O. The number of terminal acetylenes is 1. The van der Waals surface area contributed by atoms with Gasteiger partial charge in [-0.1, -0.05) is 31.0 Å². The summed E-state index contributed by atoms with van der Waals surface area (Å²) in [5.74, 6) is 2.27. The fraction of sp³-hybridized carbons (Fsp3) is 0.294. The van der Waals surface area contributed by atoms with E-state index >= 15 is 0 Å². The molecule has 4 nitrogen and oxygen atoms in total. The highest BCUT2D eigenvalue weighted by molar-refractivity contribution is 5.95. The molecule has 108 valence electrons. The SMILES string of the molecule is C#CCNC(=O)CNc1c(CC)c(C)nc2ccccc12. The van der Waals surface area contributed by atoms with E-state index in [1.165, 1.54) is 0 Å². The number of anilines is 1. The zero-order valence-corrected chi connectivity index (χ0v) is 12.4. The lowest BCUT2D eigenvalue weighted by molar-refractivity contribution is -0.119. The summed E-state index contributed by atoms with van der Waals surface area (Å²) in [6.45, 7) is 4.52. The third-order valence-corrected chi connectivity index (χ3v) is 3.37. The summed E-state index contributed by atoms with van der Waals surface area (Å²) in [4.78, 5) is 16.3. The van der Waals surface area contributed by atoms with Gasteiger partial charge in [0.2, 0.25) is 5.91 Å². The molecule has 0 saturated carbocycles. The largest absolute Gasteiger partial charge is 0.375 e. The van der Waals surface area contributed by atoms with Crippen LogP contribution in [-0.2, 0) is 11.2 Å². The molecule has 4 heteroatoms. The smallest absolute Gasteiger partial charge is 0.240 e. The van der Waals surface area contributed by atoms with Crippen LogP contribution in [0.1, 0.15) is 18.2 Å². The van der Waals surface area contributed by atoms with Gasteiger partial charge in [-0.15, -0.1) is 6.42 Å². The molecule has 0 aliphatic rings. The van der Waals surface area contributed by atoms with Crippen LogP contribution in [0.25, 0.3) is 10.9 Å². The van der Waals surface area contributed by atoms with Crippen LogP contribution in [0.3, 0.4) is 0 Å². The van der Waals surface area contributed by atoms with Crippen molar-refractivity contribution in [2.45, 2.75) is 20.3 Å². The average Bonchev–Trinajstić information content (AvgIpc) is 2.50. The fourth-order valence-electron chi connectivity index (χ4n) is 2.39. The van der Waals surface area contributed by atoms with Gasteiger partial charge in [-0.05, 0) is 25.0 Å². The number of aryl methyl sites for hydroxylation is 1. The number of amides is 1. The van der Waals surface area contributed by atoms with E-state index in [1.807, 2.05) is 31.2 Å². The molecule has 0 fully saturated rings. The Kier molecular flexibility index (Phi) is 4.78. The number of nitrogens with zero attached hydrogens (tertiary/aromatic N) is 1. The molecule has 1 aromatic heterocycles. The molecular weight excluding hydrogens is 262 g/mol. The van der Waals surface area contributed by atoms with E-state index in [0.29, 0.717) is 0 Å². The monoisotopic (exact) mass is 281 g/mol. The molecule has 0 saturated heterocycles. The van der Waals surface area contributed by atoms with Gasteiger partial charge in [-0.2, -0.15) is 0 Å². The summed E-state index contributed by atoms with van der Waals surface area (Å²) in [5, 5.41) is 6.92. The van der Waals surface area contributed by atoms with Gasteiger partial charge in [-0.3, -0.25) is 9.78 Å². The maximum absolute atomic E-state index is 11.7. The van der Waals surface area contributed by atoms with Gasteiger partial charge in [0, 0.05) is 16.8 Å². The van der Waals surface area contributed by atoms with Crippen LogP contribution in [-0.4, -0.2) is 24.0 Å². The van der Waals surface area contributed by atoms with Crippen molar-refractivity contribution >= 4 is 22.5 Å². The number of pyridine rings is 1. The predicted octanol–water partition coefficient (Wildman–Crippen LogP) is 2.27. The van der Waals surface area contributed by atoms with E-state index in [9.17, 15) is 4.79 Å². The minimum atomic E-state index is -0.117. The van der Waals surface area contributed by atoms with Crippen molar-refractivity contribution in [3.63, 3.8) is 0 Å². The molecule has 0 spiro atoms. The van der Waals surface area contributed by atoms with Crippen LogP contribution in [0, 0.1) is 19.3 Å². The number of aromatic nitrogens is 1. The topological polar surface area (TPSA) is 54.0 Å². The summed E-state index contributed by atoms with van der Waals surface area (Å²) in [5.41, 5.74) is 4.04. The molecule has 0 aliphatic carbocycles. The Balaban J connectivity index is 2.33. The van der Waals surface area contributed by atoms with Crippen molar-refractivity contribution in [3.8, 4) is 12.3 Å². The lowest BCUT2D eigenvalue weighted by Gasteiger charge is -2.16. The first-order valence-corrected chi connectivity index (χ1v) is 6.99. The van der Waals surface area contributed by atoms with Gasteiger partial charge < -0.3 is 10.6 Å². The molecule has 1 aromatic carbocycles. The van der Waals surface area contributed by atoms with E-state index in [1.54, 1.807) is 0 Å². The van der Waals surface area contributed by atoms with E-state index in [0.717, 1.165) is 34.3 Å². The molecule has 0 atom stereocenters. The van der Waals surface area contributed by atoms with E-state index in [4.69, 9.17) is 6.42 Å². The van der Waals surface area contributed by atoms with E-state index in [2.05, 4.69) is 28.5 Å². The Labute approximate surface area is 125 Å². The van der Waals surface area contributed by atoms with Gasteiger partial charge in [-0.25, -0.2) is 0 Å². The minimum absolute atomic E-state index is 0.117. The summed E-state index contributed by atoms with van der Waals surface area (Å²) in [6, 6.07) is 7.93. The van der Waals surface area contributed by atoms with Crippen LogP contribution in [0.2, 0.25) is 0 Å². The zero-order valence-electron chi connectivity index (χ0n) is 12.4. The third-order valence-electron chi connectivity index (χ3n) is 3.37. The van der Waals surface area contributed by atoms with Crippen LogP contribution < -0.4 is 10.6 Å². The number of benzene rings is 1. The molecule has 0 aliphatic heterocycles. The molecule has 0 bridgehead atoms. The van der Waals surface area contributed by atoms with Crippen molar-refractivity contribution in [2.24, 2.45) is 0 Å². The van der Waals surface area contributed by atoms with Crippen LogP contribution >= 0.6 is 0 Å². The maximum Gasteiger partial charge on any atom is 0.240 e. The van der Waals surface area contributed by atoms with Crippen molar-refractivity contribution in [2.75, 3.05) is 18.4 Å². The first kappa shape index (κ1) is 14.9. The van der Waals surface area contributed by atoms with Crippen molar-refractivity contribution < 1.29 is 4.79 Å².